The number of hydrogen-bond acceptors (Lipinski definition) is 10. The number of aliphatic hydroxyl groups is 2. The van der Waals surface area contributed by atoms with Gasteiger partial charge in [-0.3, -0.25) is 9.88 Å². The predicted molar refractivity (Wildman–Crippen MR) is 219 cm³/mol. The molecule has 2 fully saturated rings. The van der Waals surface area contributed by atoms with Crippen LogP contribution in [-0.4, -0.2) is 88.7 Å². The van der Waals surface area contributed by atoms with Gasteiger partial charge in [0, 0.05) is 63.1 Å². The minimum Gasteiger partial charge on any atom is -0.492 e. The van der Waals surface area contributed by atoms with Gasteiger partial charge in [-0.15, -0.1) is 6.58 Å². The summed E-state index contributed by atoms with van der Waals surface area (Å²) in [5.74, 6) is 1.90. The zero-order chi connectivity index (χ0) is 37.9. The van der Waals surface area contributed by atoms with Gasteiger partial charge in [0.25, 0.3) is 0 Å². The summed E-state index contributed by atoms with van der Waals surface area (Å²) in [4.78, 5) is 12.8. The van der Waals surface area contributed by atoms with Gasteiger partial charge in [0.1, 0.15) is 24.7 Å². The Morgan fingerprint density at radius 1 is 0.982 bits per heavy atom. The lowest BCUT2D eigenvalue weighted by Crippen LogP contribution is -2.64. The summed E-state index contributed by atoms with van der Waals surface area (Å²) in [6.07, 6.45) is 14.7. The van der Waals surface area contributed by atoms with Crippen LogP contribution in [0.5, 0.6) is 11.5 Å². The average molecular weight is 768 g/mol. The Morgan fingerprint density at radius 2 is 1.78 bits per heavy atom. The maximum absolute atomic E-state index is 9.91. The Labute approximate surface area is 330 Å². The van der Waals surface area contributed by atoms with E-state index in [2.05, 4.69) is 58.9 Å². The number of nitrogens with zero attached hydrogens (tertiary/aromatic N) is 3. The monoisotopic (exact) mass is 767 g/mol. The Hall–Kier alpha value is -3.67. The standard InChI is InChI=1S/C45H57N3O6S/c1-2-26-52-45-42(55-28-18-33-16-19-46-20-17-33)31-40(47-53-32-34-10-4-3-5-11-34)38-29-35(12-6-8-24-49)37(13-7-9-25-50)43(44(38)45)39-30-36(14-15-41(39)54-45)51-27-23-48-21-22-48/h2-5,10-11,14-17,19-20,29-30,35,37,42-44,49-50H,1,6-9,12-13,18,21-28,31-32H2. The molecule has 3 aromatic rings. The Morgan fingerprint density at radius 3 is 2.55 bits per heavy atom. The molecule has 2 N–H and O–H groups in total. The number of hydrogen-bond donors (Lipinski definition) is 2. The Balaban J connectivity index is 1.33. The molecule has 294 valence electrons. The molecule has 7 rings (SSSR count). The molecule has 6 atom stereocenters. The maximum Gasteiger partial charge on any atom is 0.230 e. The second kappa shape index (κ2) is 19.5. The highest BCUT2D eigenvalue weighted by atomic mass is 32.2. The van der Waals surface area contributed by atoms with Crippen molar-refractivity contribution < 1.29 is 29.3 Å². The molecule has 1 saturated heterocycles. The first-order valence-electron chi connectivity index (χ1n) is 20.2. The highest BCUT2D eigenvalue weighted by Gasteiger charge is 2.64. The van der Waals surface area contributed by atoms with Gasteiger partial charge in [0.15, 0.2) is 0 Å². The largest absolute Gasteiger partial charge is 0.492 e. The lowest BCUT2D eigenvalue weighted by Gasteiger charge is -2.58. The summed E-state index contributed by atoms with van der Waals surface area (Å²) < 4.78 is 20.8. The molecule has 1 saturated carbocycles. The highest BCUT2D eigenvalue weighted by molar-refractivity contribution is 8.00. The fourth-order valence-electron chi connectivity index (χ4n) is 8.78. The molecular weight excluding hydrogens is 711 g/mol. The number of aliphatic hydroxyl groups excluding tert-OH is 2. The third kappa shape index (κ3) is 9.66. The molecule has 6 unspecified atom stereocenters. The SMILES string of the molecule is C=CCOC12Oc3ccc(OCCN4CC4)cc3C3C(CCCCO)C(CCCCO)C=C(C(=NOCc4ccccc4)CC1SCCc1ccncc1)C32. The number of fused-ring (bicyclic) bond motifs is 2. The van der Waals surface area contributed by atoms with Crippen LogP contribution in [0.1, 0.15) is 67.6 Å². The number of thioether (sulfide) groups is 1. The summed E-state index contributed by atoms with van der Waals surface area (Å²) in [6, 6.07) is 20.7. The van der Waals surface area contributed by atoms with Crippen molar-refractivity contribution in [1.82, 2.24) is 9.88 Å². The van der Waals surface area contributed by atoms with E-state index < -0.39 is 5.79 Å². The number of allylic oxidation sites excluding steroid dienone is 1. The highest BCUT2D eigenvalue weighted by Crippen LogP contribution is 2.62. The molecule has 2 aliphatic carbocycles. The fourth-order valence-corrected chi connectivity index (χ4v) is 10.2. The van der Waals surface area contributed by atoms with E-state index in [4.69, 9.17) is 24.2 Å². The molecule has 55 heavy (non-hydrogen) atoms. The first-order valence-corrected chi connectivity index (χ1v) is 21.3. The molecule has 10 heteroatoms. The van der Waals surface area contributed by atoms with E-state index in [1.165, 1.54) is 5.56 Å². The van der Waals surface area contributed by atoms with Crippen molar-refractivity contribution >= 4 is 17.5 Å². The first kappa shape index (κ1) is 39.6. The Bertz CT molecular complexity index is 1740. The third-order valence-corrected chi connectivity index (χ3v) is 12.9. The van der Waals surface area contributed by atoms with Crippen molar-refractivity contribution in [2.24, 2.45) is 22.9 Å². The predicted octanol–water partition coefficient (Wildman–Crippen LogP) is 7.59. The van der Waals surface area contributed by atoms with Gasteiger partial charge in [-0.05, 0) is 96.7 Å². The van der Waals surface area contributed by atoms with E-state index in [0.717, 1.165) is 104 Å². The summed E-state index contributed by atoms with van der Waals surface area (Å²) >= 11 is 1.88. The van der Waals surface area contributed by atoms with Crippen molar-refractivity contribution in [2.45, 2.75) is 74.9 Å². The van der Waals surface area contributed by atoms with Crippen LogP contribution >= 0.6 is 11.8 Å². The van der Waals surface area contributed by atoms with E-state index in [9.17, 15) is 10.2 Å². The minimum atomic E-state index is -0.994. The number of benzene rings is 2. The van der Waals surface area contributed by atoms with Crippen LogP contribution in [0.3, 0.4) is 0 Å². The van der Waals surface area contributed by atoms with Crippen LogP contribution in [0, 0.1) is 17.8 Å². The molecular formula is C45H57N3O6S. The van der Waals surface area contributed by atoms with Crippen LogP contribution in [0.4, 0.5) is 0 Å². The van der Waals surface area contributed by atoms with Gasteiger partial charge in [-0.25, -0.2) is 0 Å². The van der Waals surface area contributed by atoms with E-state index in [-0.39, 0.29) is 42.1 Å². The van der Waals surface area contributed by atoms with E-state index >= 15 is 0 Å². The lowest BCUT2D eigenvalue weighted by molar-refractivity contribution is -0.223. The lowest BCUT2D eigenvalue weighted by atomic mass is 9.56. The number of aromatic nitrogens is 1. The molecule has 4 aliphatic rings. The molecule has 3 heterocycles. The summed E-state index contributed by atoms with van der Waals surface area (Å²) in [7, 11) is 0. The summed E-state index contributed by atoms with van der Waals surface area (Å²) in [5.41, 5.74) is 5.54. The van der Waals surface area contributed by atoms with Crippen molar-refractivity contribution in [3.8, 4) is 11.5 Å². The van der Waals surface area contributed by atoms with Gasteiger partial charge in [0.05, 0.1) is 23.5 Å². The molecule has 9 nitrogen and oxygen atoms in total. The van der Waals surface area contributed by atoms with Crippen molar-refractivity contribution in [2.75, 3.05) is 51.8 Å². The molecule has 2 aromatic carbocycles. The molecule has 2 aliphatic heterocycles. The maximum atomic E-state index is 9.91. The minimum absolute atomic E-state index is 0.0324. The number of ether oxygens (including phenoxy) is 3. The normalized spacial score (nSPS) is 26.0. The number of rotatable bonds is 22. The second-order valence-corrected chi connectivity index (χ2v) is 16.5. The zero-order valence-corrected chi connectivity index (χ0v) is 32.8. The van der Waals surface area contributed by atoms with Crippen LogP contribution in [0.2, 0.25) is 0 Å². The molecule has 0 bridgehead atoms. The van der Waals surface area contributed by atoms with E-state index in [0.29, 0.717) is 26.2 Å². The van der Waals surface area contributed by atoms with Crippen LogP contribution in [-0.2, 0) is 22.6 Å². The van der Waals surface area contributed by atoms with Crippen LogP contribution in [0.15, 0.2) is 103 Å². The number of pyridine rings is 1. The quantitative estimate of drug-likeness (QED) is 0.0464. The van der Waals surface area contributed by atoms with Crippen molar-refractivity contribution in [3.05, 3.63) is 114 Å². The molecule has 0 spiro atoms. The van der Waals surface area contributed by atoms with Gasteiger partial charge in [-0.2, -0.15) is 11.8 Å². The number of oxime groups is 1. The molecule has 0 amide bonds. The van der Waals surface area contributed by atoms with Crippen molar-refractivity contribution in [1.29, 1.82) is 0 Å². The second-order valence-electron chi connectivity index (χ2n) is 15.2. The van der Waals surface area contributed by atoms with Crippen LogP contribution in [0.25, 0.3) is 0 Å². The van der Waals surface area contributed by atoms with E-state index in [1.54, 1.807) is 0 Å². The number of aryl methyl sites for hydroxylation is 1. The first-order chi connectivity index (χ1) is 27.1. The van der Waals surface area contributed by atoms with Crippen LogP contribution < -0.4 is 9.47 Å². The smallest absolute Gasteiger partial charge is 0.230 e. The Kier molecular flexibility index (Phi) is 14.0. The number of unbranched alkanes of at least 4 members (excludes halogenated alkanes) is 2. The topological polar surface area (TPSA) is 106 Å². The van der Waals surface area contributed by atoms with E-state index in [1.807, 2.05) is 54.5 Å². The molecule has 1 aromatic heterocycles. The van der Waals surface area contributed by atoms with Crippen molar-refractivity contribution in [3.63, 3.8) is 0 Å². The third-order valence-electron chi connectivity index (χ3n) is 11.5. The van der Waals surface area contributed by atoms with Gasteiger partial charge in [-0.1, -0.05) is 60.5 Å². The van der Waals surface area contributed by atoms with Gasteiger partial charge < -0.3 is 29.3 Å². The van der Waals surface area contributed by atoms with Gasteiger partial charge >= 0.3 is 0 Å². The zero-order valence-electron chi connectivity index (χ0n) is 32.0. The average Bonchev–Trinajstić information content (AvgIpc) is 4.05. The summed E-state index contributed by atoms with van der Waals surface area (Å²) in [6.45, 7) is 8.98. The molecule has 0 radical (unpaired) electrons. The summed E-state index contributed by atoms with van der Waals surface area (Å²) in [5, 5.41) is 24.6. The fraction of sp³-hybridized carbons (Fsp3) is 0.511. The van der Waals surface area contributed by atoms with Gasteiger partial charge in [0.2, 0.25) is 5.79 Å².